The molecule has 104 valence electrons. The molecule has 3 nitrogen and oxygen atoms in total. The summed E-state index contributed by atoms with van der Waals surface area (Å²) < 4.78 is 7.47. The molecule has 3 heteroatoms. The number of ether oxygens (including phenoxy) is 1. The lowest BCUT2D eigenvalue weighted by molar-refractivity contribution is 0.414. The van der Waals surface area contributed by atoms with Crippen molar-refractivity contribution in [3.63, 3.8) is 0 Å². The Labute approximate surface area is 115 Å². The molecule has 0 bridgehead atoms. The lowest BCUT2D eigenvalue weighted by Gasteiger charge is -2.25. The Balaban J connectivity index is 2.81. The molecule has 0 aliphatic carbocycles. The predicted octanol–water partition coefficient (Wildman–Crippen LogP) is 3.94. The number of imidazole rings is 1. The van der Waals surface area contributed by atoms with Crippen molar-refractivity contribution in [2.24, 2.45) is 0 Å². The van der Waals surface area contributed by atoms with Crippen LogP contribution >= 0.6 is 0 Å². The number of fused-ring (bicyclic) bond motifs is 1. The zero-order valence-electron chi connectivity index (χ0n) is 13.0. The summed E-state index contributed by atoms with van der Waals surface area (Å²) in [7, 11) is 1.68. The molecule has 2 aromatic heterocycles. The molecule has 0 radical (unpaired) electrons. The van der Waals surface area contributed by atoms with Crippen molar-refractivity contribution >= 4 is 5.65 Å². The van der Waals surface area contributed by atoms with E-state index in [2.05, 4.69) is 52.1 Å². The Bertz CT molecular complexity index is 597. The van der Waals surface area contributed by atoms with E-state index in [-0.39, 0.29) is 10.8 Å². The summed E-state index contributed by atoms with van der Waals surface area (Å²) >= 11 is 0. The average Bonchev–Trinajstić information content (AvgIpc) is 2.66. The van der Waals surface area contributed by atoms with Crippen LogP contribution < -0.4 is 4.74 Å². The van der Waals surface area contributed by atoms with Gasteiger partial charge >= 0.3 is 0 Å². The van der Waals surface area contributed by atoms with Crippen LogP contribution in [0.1, 0.15) is 52.9 Å². The number of rotatable bonds is 1. The number of hydrogen-bond donors (Lipinski definition) is 0. The standard InChI is InChI=1S/C16H24N2O/c1-15(2,3)13-14(16(4,5)6)18-9-8-11(19-7)10-12(18)17-13/h8-10H,1-7H3. The highest BCUT2D eigenvalue weighted by molar-refractivity contribution is 5.50. The lowest BCUT2D eigenvalue weighted by Crippen LogP contribution is -2.23. The van der Waals surface area contributed by atoms with Gasteiger partial charge in [-0.05, 0) is 6.07 Å². The molecular weight excluding hydrogens is 236 g/mol. The van der Waals surface area contributed by atoms with Crippen LogP contribution in [-0.2, 0) is 10.8 Å². The summed E-state index contributed by atoms with van der Waals surface area (Å²) in [5.41, 5.74) is 3.47. The van der Waals surface area contributed by atoms with E-state index in [0.29, 0.717) is 0 Å². The van der Waals surface area contributed by atoms with Gasteiger partial charge in [-0.25, -0.2) is 4.98 Å². The molecule has 0 aromatic carbocycles. The zero-order valence-corrected chi connectivity index (χ0v) is 13.0. The van der Waals surface area contributed by atoms with Gasteiger partial charge in [-0.15, -0.1) is 0 Å². The first-order valence-electron chi connectivity index (χ1n) is 6.71. The number of methoxy groups -OCH3 is 1. The van der Waals surface area contributed by atoms with Gasteiger partial charge in [0.1, 0.15) is 11.4 Å². The van der Waals surface area contributed by atoms with Crippen LogP contribution in [0.2, 0.25) is 0 Å². The molecule has 0 saturated heterocycles. The fraction of sp³-hybridized carbons (Fsp3) is 0.562. The van der Waals surface area contributed by atoms with Crippen LogP contribution in [0.4, 0.5) is 0 Å². The fourth-order valence-electron chi connectivity index (χ4n) is 2.39. The van der Waals surface area contributed by atoms with E-state index >= 15 is 0 Å². The third-order valence-corrected chi connectivity index (χ3v) is 3.25. The van der Waals surface area contributed by atoms with E-state index in [1.54, 1.807) is 7.11 Å². The molecule has 2 rings (SSSR count). The number of pyridine rings is 1. The maximum atomic E-state index is 5.29. The van der Waals surface area contributed by atoms with Crippen LogP contribution in [0.5, 0.6) is 5.75 Å². The van der Waals surface area contributed by atoms with Gasteiger partial charge < -0.3 is 9.14 Å². The molecule has 2 heterocycles. The second-order valence-corrected chi connectivity index (χ2v) is 7.10. The monoisotopic (exact) mass is 260 g/mol. The second kappa shape index (κ2) is 4.26. The summed E-state index contributed by atoms with van der Waals surface area (Å²) in [6.07, 6.45) is 2.05. The predicted molar refractivity (Wildman–Crippen MR) is 79.1 cm³/mol. The van der Waals surface area contributed by atoms with E-state index in [1.165, 1.54) is 5.69 Å². The highest BCUT2D eigenvalue weighted by atomic mass is 16.5. The van der Waals surface area contributed by atoms with Crippen molar-refractivity contribution in [1.29, 1.82) is 0 Å². The highest BCUT2D eigenvalue weighted by Crippen LogP contribution is 2.34. The minimum absolute atomic E-state index is 0.0296. The topological polar surface area (TPSA) is 26.5 Å². The SMILES string of the molecule is COc1ccn2c(C(C)(C)C)c(C(C)(C)C)nc2c1. The van der Waals surface area contributed by atoms with Crippen LogP contribution in [0.15, 0.2) is 18.3 Å². The Kier molecular flexibility index (Phi) is 3.12. The summed E-state index contributed by atoms with van der Waals surface area (Å²) in [5.74, 6) is 0.846. The van der Waals surface area contributed by atoms with Crippen molar-refractivity contribution in [2.45, 2.75) is 52.4 Å². The number of hydrogen-bond acceptors (Lipinski definition) is 2. The quantitative estimate of drug-likeness (QED) is 0.776. The summed E-state index contributed by atoms with van der Waals surface area (Å²) in [6.45, 7) is 13.3. The van der Waals surface area contributed by atoms with Gasteiger partial charge in [0.05, 0.1) is 18.5 Å². The number of nitrogens with zero attached hydrogens (tertiary/aromatic N) is 2. The zero-order chi connectivity index (χ0) is 14.4. The minimum atomic E-state index is 0.0296. The van der Waals surface area contributed by atoms with E-state index in [9.17, 15) is 0 Å². The Morgan fingerprint density at radius 1 is 1.05 bits per heavy atom. The smallest absolute Gasteiger partial charge is 0.140 e. The molecule has 0 fully saturated rings. The van der Waals surface area contributed by atoms with Crippen molar-refractivity contribution in [2.75, 3.05) is 7.11 Å². The molecule has 0 saturated carbocycles. The lowest BCUT2D eigenvalue weighted by atomic mass is 9.82. The van der Waals surface area contributed by atoms with Gasteiger partial charge in [-0.2, -0.15) is 0 Å². The highest BCUT2D eigenvalue weighted by Gasteiger charge is 2.30. The number of aromatic nitrogens is 2. The van der Waals surface area contributed by atoms with Gasteiger partial charge in [0, 0.05) is 23.1 Å². The third-order valence-electron chi connectivity index (χ3n) is 3.25. The van der Waals surface area contributed by atoms with E-state index in [4.69, 9.17) is 9.72 Å². The van der Waals surface area contributed by atoms with Crippen molar-refractivity contribution in [3.05, 3.63) is 29.7 Å². The summed E-state index contributed by atoms with van der Waals surface area (Å²) in [5, 5.41) is 0. The maximum absolute atomic E-state index is 5.29. The largest absolute Gasteiger partial charge is 0.497 e. The molecule has 0 spiro atoms. The molecule has 0 atom stereocenters. The van der Waals surface area contributed by atoms with Crippen LogP contribution in [0.25, 0.3) is 5.65 Å². The summed E-state index contributed by atoms with van der Waals surface area (Å²) in [6, 6.07) is 3.97. The average molecular weight is 260 g/mol. The molecule has 0 aliphatic heterocycles. The van der Waals surface area contributed by atoms with Gasteiger partial charge in [0.2, 0.25) is 0 Å². The van der Waals surface area contributed by atoms with Crippen LogP contribution in [-0.4, -0.2) is 16.5 Å². The molecule has 2 aromatic rings. The molecule has 0 amide bonds. The molecule has 19 heavy (non-hydrogen) atoms. The van der Waals surface area contributed by atoms with Gasteiger partial charge in [-0.1, -0.05) is 41.5 Å². The molecule has 0 N–H and O–H groups in total. The minimum Gasteiger partial charge on any atom is -0.497 e. The summed E-state index contributed by atoms with van der Waals surface area (Å²) in [4.78, 5) is 4.84. The first-order valence-corrected chi connectivity index (χ1v) is 6.71. The van der Waals surface area contributed by atoms with Crippen LogP contribution in [0, 0.1) is 0 Å². The second-order valence-electron chi connectivity index (χ2n) is 7.10. The van der Waals surface area contributed by atoms with Gasteiger partial charge in [0.15, 0.2) is 0 Å². The van der Waals surface area contributed by atoms with Gasteiger partial charge in [-0.3, -0.25) is 0 Å². The Morgan fingerprint density at radius 2 is 1.68 bits per heavy atom. The van der Waals surface area contributed by atoms with Crippen molar-refractivity contribution in [1.82, 2.24) is 9.38 Å². The Hall–Kier alpha value is -1.51. The molecule has 0 unspecified atom stereocenters. The first-order chi connectivity index (χ1) is 8.64. The van der Waals surface area contributed by atoms with Gasteiger partial charge in [0.25, 0.3) is 0 Å². The fourth-order valence-corrected chi connectivity index (χ4v) is 2.39. The Morgan fingerprint density at radius 3 is 2.16 bits per heavy atom. The molecular formula is C16H24N2O. The third kappa shape index (κ3) is 2.46. The normalized spacial score (nSPS) is 13.0. The van der Waals surface area contributed by atoms with Crippen LogP contribution in [0.3, 0.4) is 0 Å². The van der Waals surface area contributed by atoms with Crippen molar-refractivity contribution < 1.29 is 4.74 Å². The van der Waals surface area contributed by atoms with E-state index < -0.39 is 0 Å². The van der Waals surface area contributed by atoms with Crippen molar-refractivity contribution in [3.8, 4) is 5.75 Å². The first kappa shape index (κ1) is 13.9. The molecule has 0 aliphatic rings. The van der Waals surface area contributed by atoms with E-state index in [0.717, 1.165) is 17.1 Å². The van der Waals surface area contributed by atoms with E-state index in [1.807, 2.05) is 12.1 Å². The maximum Gasteiger partial charge on any atom is 0.140 e.